The predicted molar refractivity (Wildman–Crippen MR) is 64.7 cm³/mol. The Kier molecular flexibility index (Phi) is 3.47. The molecule has 0 spiro atoms. The highest BCUT2D eigenvalue weighted by Gasteiger charge is 2.07. The summed E-state index contributed by atoms with van der Waals surface area (Å²) in [5.74, 6) is 1.77. The van der Waals surface area contributed by atoms with Crippen LogP contribution in [0.1, 0.15) is 23.0 Å². The highest BCUT2D eigenvalue weighted by molar-refractivity contribution is 7.98. The molecule has 0 aliphatic carbocycles. The maximum atomic E-state index is 11.4. The first-order valence-electron chi connectivity index (χ1n) is 5.02. The summed E-state index contributed by atoms with van der Waals surface area (Å²) in [5, 5.41) is 0. The van der Waals surface area contributed by atoms with Gasteiger partial charge in [0.05, 0.1) is 12.0 Å². The molecule has 1 heterocycles. The van der Waals surface area contributed by atoms with Crippen LogP contribution in [-0.2, 0) is 5.75 Å². The van der Waals surface area contributed by atoms with E-state index in [1.54, 1.807) is 24.9 Å². The van der Waals surface area contributed by atoms with Crippen LogP contribution in [0.25, 0.3) is 0 Å². The fourth-order valence-electron chi connectivity index (χ4n) is 1.43. The number of Topliss-reactive ketones (excluding diaryl/α,β-unsaturated/α-hetero) is 1. The third-order valence-electron chi connectivity index (χ3n) is 2.22. The lowest BCUT2D eigenvalue weighted by Gasteiger charge is -2.04. The quantitative estimate of drug-likeness (QED) is 0.593. The summed E-state index contributed by atoms with van der Waals surface area (Å²) in [6.45, 7) is 1.59. The topological polar surface area (TPSA) is 30.2 Å². The van der Waals surface area contributed by atoms with Gasteiger partial charge in [-0.05, 0) is 25.1 Å². The van der Waals surface area contributed by atoms with Crippen molar-refractivity contribution in [2.45, 2.75) is 17.6 Å². The second kappa shape index (κ2) is 5.03. The number of furan rings is 1. The number of ketones is 1. The predicted octanol–water partition coefficient (Wildman–Crippen LogP) is 3.77. The highest BCUT2D eigenvalue weighted by Crippen LogP contribution is 2.26. The zero-order valence-corrected chi connectivity index (χ0v) is 9.79. The molecule has 0 saturated carbocycles. The van der Waals surface area contributed by atoms with E-state index in [9.17, 15) is 4.79 Å². The van der Waals surface area contributed by atoms with Gasteiger partial charge in [0.15, 0.2) is 5.78 Å². The zero-order chi connectivity index (χ0) is 11.4. The molecule has 1 aromatic heterocycles. The lowest BCUT2D eigenvalue weighted by Crippen LogP contribution is -1.94. The molecule has 2 aromatic rings. The van der Waals surface area contributed by atoms with Crippen molar-refractivity contribution in [3.05, 3.63) is 54.0 Å². The maximum Gasteiger partial charge on any atom is 0.160 e. The van der Waals surface area contributed by atoms with Crippen molar-refractivity contribution in [3.63, 3.8) is 0 Å². The molecule has 0 radical (unpaired) electrons. The van der Waals surface area contributed by atoms with E-state index in [0.717, 1.165) is 22.0 Å². The molecule has 0 unspecified atom stereocenters. The first-order valence-corrected chi connectivity index (χ1v) is 6.01. The summed E-state index contributed by atoms with van der Waals surface area (Å²) in [5.41, 5.74) is 0.777. The fraction of sp³-hybridized carbons (Fsp3) is 0.154. The van der Waals surface area contributed by atoms with Gasteiger partial charge in [-0.15, -0.1) is 11.8 Å². The van der Waals surface area contributed by atoms with Gasteiger partial charge in [0.2, 0.25) is 0 Å². The van der Waals surface area contributed by atoms with Gasteiger partial charge in [-0.3, -0.25) is 4.79 Å². The van der Waals surface area contributed by atoms with Crippen LogP contribution in [0.4, 0.5) is 0 Å². The second-order valence-corrected chi connectivity index (χ2v) is 4.44. The number of benzene rings is 1. The normalized spacial score (nSPS) is 10.3. The molecule has 3 heteroatoms. The smallest absolute Gasteiger partial charge is 0.160 e. The summed E-state index contributed by atoms with van der Waals surface area (Å²) in [4.78, 5) is 12.4. The summed E-state index contributed by atoms with van der Waals surface area (Å²) < 4.78 is 5.25. The van der Waals surface area contributed by atoms with Gasteiger partial charge in [-0.1, -0.05) is 18.2 Å². The number of thioether (sulfide) groups is 1. The van der Waals surface area contributed by atoms with Crippen LogP contribution in [0.2, 0.25) is 0 Å². The Bertz CT molecular complexity index is 474. The average Bonchev–Trinajstić information content (AvgIpc) is 2.79. The summed E-state index contributed by atoms with van der Waals surface area (Å²) in [7, 11) is 0. The molecule has 0 amide bonds. The van der Waals surface area contributed by atoms with E-state index in [-0.39, 0.29) is 5.78 Å². The Labute approximate surface area is 98.7 Å². The van der Waals surface area contributed by atoms with Crippen LogP contribution in [-0.4, -0.2) is 5.78 Å². The number of hydrogen-bond donors (Lipinski definition) is 0. The van der Waals surface area contributed by atoms with Crippen molar-refractivity contribution < 1.29 is 9.21 Å². The van der Waals surface area contributed by atoms with Crippen LogP contribution in [0.3, 0.4) is 0 Å². The molecule has 2 nitrogen and oxygen atoms in total. The number of hydrogen-bond acceptors (Lipinski definition) is 3. The lowest BCUT2D eigenvalue weighted by atomic mass is 10.1. The van der Waals surface area contributed by atoms with E-state index < -0.39 is 0 Å². The summed E-state index contributed by atoms with van der Waals surface area (Å²) >= 11 is 1.62. The van der Waals surface area contributed by atoms with Crippen molar-refractivity contribution in [2.24, 2.45) is 0 Å². The molecule has 0 saturated heterocycles. The minimum absolute atomic E-state index is 0.0996. The van der Waals surface area contributed by atoms with Gasteiger partial charge in [0.25, 0.3) is 0 Å². The third kappa shape index (κ3) is 2.55. The van der Waals surface area contributed by atoms with Crippen LogP contribution in [0, 0.1) is 0 Å². The maximum absolute atomic E-state index is 11.4. The first-order chi connectivity index (χ1) is 7.77. The van der Waals surface area contributed by atoms with E-state index >= 15 is 0 Å². The SMILES string of the molecule is CC(=O)c1ccccc1SCc1ccco1. The standard InChI is InChI=1S/C13H12O2S/c1-10(14)12-6-2-3-7-13(12)16-9-11-5-4-8-15-11/h2-8H,9H2,1H3. The molecule has 0 aliphatic heterocycles. The fourth-order valence-corrected chi connectivity index (χ4v) is 2.43. The van der Waals surface area contributed by atoms with Crippen molar-refractivity contribution in [3.8, 4) is 0 Å². The third-order valence-corrected chi connectivity index (χ3v) is 3.31. The van der Waals surface area contributed by atoms with Gasteiger partial charge in [-0.25, -0.2) is 0 Å². The van der Waals surface area contributed by atoms with E-state index in [2.05, 4.69) is 0 Å². The molecule has 2 rings (SSSR count). The lowest BCUT2D eigenvalue weighted by molar-refractivity contribution is 0.101. The number of carbonyl (C=O) groups is 1. The summed E-state index contributed by atoms with van der Waals surface area (Å²) in [6.07, 6.45) is 1.66. The molecule has 1 aromatic carbocycles. The molecule has 0 fully saturated rings. The highest BCUT2D eigenvalue weighted by atomic mass is 32.2. The summed E-state index contributed by atoms with van der Waals surface area (Å²) in [6, 6.07) is 11.4. The van der Waals surface area contributed by atoms with Crippen LogP contribution in [0.15, 0.2) is 52.0 Å². The van der Waals surface area contributed by atoms with Crippen LogP contribution < -0.4 is 0 Å². The van der Waals surface area contributed by atoms with E-state index in [4.69, 9.17) is 4.42 Å². The molecule has 0 atom stereocenters. The number of carbonyl (C=O) groups excluding carboxylic acids is 1. The molecule has 0 aliphatic rings. The minimum Gasteiger partial charge on any atom is -0.468 e. The average molecular weight is 232 g/mol. The van der Waals surface area contributed by atoms with Gasteiger partial charge in [0, 0.05) is 10.5 Å². The van der Waals surface area contributed by atoms with E-state index in [0.29, 0.717) is 0 Å². The van der Waals surface area contributed by atoms with Gasteiger partial charge >= 0.3 is 0 Å². The second-order valence-electron chi connectivity index (χ2n) is 3.42. The van der Waals surface area contributed by atoms with Crippen molar-refractivity contribution in [2.75, 3.05) is 0 Å². The molecular formula is C13H12O2S. The Balaban J connectivity index is 2.12. The minimum atomic E-state index is 0.0996. The van der Waals surface area contributed by atoms with Gasteiger partial charge in [-0.2, -0.15) is 0 Å². The Morgan fingerprint density at radius 2 is 2.06 bits per heavy atom. The Hall–Kier alpha value is -1.48. The van der Waals surface area contributed by atoms with Crippen LogP contribution in [0.5, 0.6) is 0 Å². The monoisotopic (exact) mass is 232 g/mol. The number of rotatable bonds is 4. The zero-order valence-electron chi connectivity index (χ0n) is 8.97. The largest absolute Gasteiger partial charge is 0.468 e. The van der Waals surface area contributed by atoms with Gasteiger partial charge in [0.1, 0.15) is 5.76 Å². The molecule has 16 heavy (non-hydrogen) atoms. The molecular weight excluding hydrogens is 220 g/mol. The molecule has 82 valence electrons. The molecule has 0 N–H and O–H groups in total. The first kappa shape index (κ1) is 11.0. The molecule has 0 bridgehead atoms. The van der Waals surface area contributed by atoms with E-state index in [1.807, 2.05) is 36.4 Å². The van der Waals surface area contributed by atoms with Crippen molar-refractivity contribution >= 4 is 17.5 Å². The Morgan fingerprint density at radius 1 is 1.25 bits per heavy atom. The Morgan fingerprint density at radius 3 is 2.75 bits per heavy atom. The van der Waals surface area contributed by atoms with Crippen molar-refractivity contribution in [1.82, 2.24) is 0 Å². The van der Waals surface area contributed by atoms with Crippen LogP contribution >= 0.6 is 11.8 Å². The van der Waals surface area contributed by atoms with E-state index in [1.165, 1.54) is 0 Å². The van der Waals surface area contributed by atoms with Gasteiger partial charge < -0.3 is 4.42 Å². The van der Waals surface area contributed by atoms with Crippen molar-refractivity contribution in [1.29, 1.82) is 0 Å².